The Hall–Kier alpha value is -0.860. The first-order valence-corrected chi connectivity index (χ1v) is 7.27. The van der Waals surface area contributed by atoms with E-state index in [0.29, 0.717) is 5.92 Å². The first-order chi connectivity index (χ1) is 8.79. The van der Waals surface area contributed by atoms with Gasteiger partial charge in [0.2, 0.25) is 0 Å². The van der Waals surface area contributed by atoms with Crippen LogP contribution in [0.15, 0.2) is 24.3 Å². The number of rotatable bonds is 2. The molecule has 1 aliphatic rings. The van der Waals surface area contributed by atoms with Gasteiger partial charge in [-0.1, -0.05) is 52.0 Å². The predicted octanol–water partition coefficient (Wildman–Crippen LogP) is 3.57. The Labute approximate surface area is 117 Å². The Balaban J connectivity index is 2.22. The first-order valence-electron chi connectivity index (χ1n) is 7.27. The monoisotopic (exact) mass is 261 g/mol. The SMILES string of the molecule is CC1CC(N(C)CC(C)(C)C)C(O)c2ccccc21. The molecule has 0 amide bonds. The van der Waals surface area contributed by atoms with Gasteiger partial charge in [0.05, 0.1) is 6.10 Å². The number of likely N-dealkylation sites (N-methyl/N-ethyl adjacent to an activating group) is 1. The van der Waals surface area contributed by atoms with Gasteiger partial charge in [-0.2, -0.15) is 0 Å². The minimum atomic E-state index is -0.361. The molecule has 2 nitrogen and oxygen atoms in total. The van der Waals surface area contributed by atoms with E-state index in [9.17, 15) is 5.11 Å². The molecule has 0 heterocycles. The molecular formula is C17H27NO. The van der Waals surface area contributed by atoms with E-state index in [1.54, 1.807) is 0 Å². The van der Waals surface area contributed by atoms with Crippen LogP contribution in [-0.4, -0.2) is 29.6 Å². The number of aliphatic hydroxyl groups excluding tert-OH is 1. The van der Waals surface area contributed by atoms with Crippen LogP contribution in [0.4, 0.5) is 0 Å². The summed E-state index contributed by atoms with van der Waals surface area (Å²) in [5.74, 6) is 0.520. The molecular weight excluding hydrogens is 234 g/mol. The van der Waals surface area contributed by atoms with Crippen LogP contribution in [0, 0.1) is 5.41 Å². The fraction of sp³-hybridized carbons (Fsp3) is 0.647. The highest BCUT2D eigenvalue weighted by atomic mass is 16.3. The van der Waals surface area contributed by atoms with Crippen molar-refractivity contribution in [1.29, 1.82) is 0 Å². The maximum absolute atomic E-state index is 10.7. The van der Waals surface area contributed by atoms with E-state index >= 15 is 0 Å². The molecule has 106 valence electrons. The molecule has 0 saturated heterocycles. The average molecular weight is 261 g/mol. The third-order valence-corrected chi connectivity index (χ3v) is 4.09. The average Bonchev–Trinajstić information content (AvgIpc) is 2.31. The van der Waals surface area contributed by atoms with Crippen LogP contribution in [-0.2, 0) is 0 Å². The third kappa shape index (κ3) is 3.18. The highest BCUT2D eigenvalue weighted by Crippen LogP contribution is 2.39. The zero-order chi connectivity index (χ0) is 14.2. The van der Waals surface area contributed by atoms with Gasteiger partial charge in [0.25, 0.3) is 0 Å². The number of fused-ring (bicyclic) bond motifs is 1. The molecule has 1 aliphatic carbocycles. The molecule has 0 bridgehead atoms. The smallest absolute Gasteiger partial charge is 0.0948 e. The molecule has 1 N–H and O–H groups in total. The standard InChI is InChI=1S/C17H27NO/c1-12-10-15(18(5)11-17(2,3)4)16(19)14-9-7-6-8-13(12)14/h6-9,12,15-16,19H,10-11H2,1-5H3. The van der Waals surface area contributed by atoms with Crippen molar-refractivity contribution in [3.8, 4) is 0 Å². The van der Waals surface area contributed by atoms with Gasteiger partial charge in [0.1, 0.15) is 0 Å². The van der Waals surface area contributed by atoms with E-state index < -0.39 is 0 Å². The fourth-order valence-electron chi connectivity index (χ4n) is 3.34. The maximum Gasteiger partial charge on any atom is 0.0948 e. The zero-order valence-corrected chi connectivity index (χ0v) is 12.9. The zero-order valence-electron chi connectivity index (χ0n) is 12.9. The second-order valence-corrected chi connectivity index (χ2v) is 7.25. The van der Waals surface area contributed by atoms with Gasteiger partial charge in [-0.25, -0.2) is 0 Å². The molecule has 0 saturated carbocycles. The molecule has 3 unspecified atom stereocenters. The molecule has 3 atom stereocenters. The van der Waals surface area contributed by atoms with Crippen LogP contribution < -0.4 is 0 Å². The second-order valence-electron chi connectivity index (χ2n) is 7.25. The first kappa shape index (κ1) is 14.5. The van der Waals surface area contributed by atoms with E-state index in [4.69, 9.17) is 0 Å². The third-order valence-electron chi connectivity index (χ3n) is 4.09. The van der Waals surface area contributed by atoms with Crippen LogP contribution in [0.25, 0.3) is 0 Å². The van der Waals surface area contributed by atoms with E-state index in [0.717, 1.165) is 18.5 Å². The summed E-state index contributed by atoms with van der Waals surface area (Å²) in [5.41, 5.74) is 2.69. The molecule has 0 aliphatic heterocycles. The Bertz CT molecular complexity index is 435. The van der Waals surface area contributed by atoms with Gasteiger partial charge >= 0.3 is 0 Å². The van der Waals surface area contributed by atoms with Gasteiger partial charge in [-0.05, 0) is 35.9 Å². The minimum absolute atomic E-state index is 0.226. The molecule has 0 spiro atoms. The molecule has 19 heavy (non-hydrogen) atoms. The lowest BCUT2D eigenvalue weighted by molar-refractivity contribution is 0.0300. The van der Waals surface area contributed by atoms with Crippen LogP contribution in [0.2, 0.25) is 0 Å². The predicted molar refractivity (Wildman–Crippen MR) is 80.3 cm³/mol. The summed E-state index contributed by atoms with van der Waals surface area (Å²) in [6.07, 6.45) is 0.671. The van der Waals surface area contributed by atoms with Crippen molar-refractivity contribution in [1.82, 2.24) is 4.90 Å². The molecule has 2 heteroatoms. The van der Waals surface area contributed by atoms with Crippen molar-refractivity contribution >= 4 is 0 Å². The summed E-state index contributed by atoms with van der Waals surface area (Å²) < 4.78 is 0. The van der Waals surface area contributed by atoms with Gasteiger partial charge in [-0.3, -0.25) is 4.90 Å². The molecule has 2 rings (SSSR count). The number of hydrogen-bond donors (Lipinski definition) is 1. The van der Waals surface area contributed by atoms with E-state index in [2.05, 4.69) is 57.8 Å². The van der Waals surface area contributed by atoms with Crippen LogP contribution in [0.5, 0.6) is 0 Å². The molecule has 0 aromatic heterocycles. The largest absolute Gasteiger partial charge is 0.387 e. The molecule has 1 aromatic carbocycles. The summed E-state index contributed by atoms with van der Waals surface area (Å²) >= 11 is 0. The van der Waals surface area contributed by atoms with Gasteiger partial charge in [0.15, 0.2) is 0 Å². The number of benzene rings is 1. The summed E-state index contributed by atoms with van der Waals surface area (Å²) in [6, 6.07) is 8.56. The van der Waals surface area contributed by atoms with Crippen molar-refractivity contribution in [3.05, 3.63) is 35.4 Å². The van der Waals surface area contributed by atoms with E-state index in [-0.39, 0.29) is 17.6 Å². The Morgan fingerprint density at radius 2 is 1.79 bits per heavy atom. The lowest BCUT2D eigenvalue weighted by Crippen LogP contribution is -2.44. The van der Waals surface area contributed by atoms with Crippen LogP contribution in [0.1, 0.15) is 57.3 Å². The van der Waals surface area contributed by atoms with Gasteiger partial charge < -0.3 is 5.11 Å². The Morgan fingerprint density at radius 3 is 2.37 bits per heavy atom. The molecule has 1 aromatic rings. The normalized spacial score (nSPS) is 27.4. The summed E-state index contributed by atoms with van der Waals surface area (Å²) in [6.45, 7) is 10.0. The fourth-order valence-corrected chi connectivity index (χ4v) is 3.34. The van der Waals surface area contributed by atoms with E-state index in [1.165, 1.54) is 5.56 Å². The molecule has 0 fully saturated rings. The van der Waals surface area contributed by atoms with Crippen LogP contribution >= 0.6 is 0 Å². The highest BCUT2D eigenvalue weighted by Gasteiger charge is 2.34. The molecule has 0 radical (unpaired) electrons. The minimum Gasteiger partial charge on any atom is -0.387 e. The maximum atomic E-state index is 10.7. The lowest BCUT2D eigenvalue weighted by atomic mass is 9.78. The summed E-state index contributed by atoms with van der Waals surface area (Å²) in [4.78, 5) is 2.33. The van der Waals surface area contributed by atoms with Crippen molar-refractivity contribution in [2.75, 3.05) is 13.6 Å². The Morgan fingerprint density at radius 1 is 1.21 bits per heavy atom. The number of hydrogen-bond acceptors (Lipinski definition) is 2. The van der Waals surface area contributed by atoms with Crippen molar-refractivity contribution in [3.63, 3.8) is 0 Å². The van der Waals surface area contributed by atoms with Gasteiger partial charge in [-0.15, -0.1) is 0 Å². The van der Waals surface area contributed by atoms with Crippen LogP contribution in [0.3, 0.4) is 0 Å². The second kappa shape index (κ2) is 5.26. The number of nitrogens with zero attached hydrogens (tertiary/aromatic N) is 1. The lowest BCUT2D eigenvalue weighted by Gasteiger charge is -2.41. The Kier molecular flexibility index (Phi) is 4.03. The highest BCUT2D eigenvalue weighted by molar-refractivity contribution is 5.35. The van der Waals surface area contributed by atoms with Crippen molar-refractivity contribution in [2.24, 2.45) is 5.41 Å². The van der Waals surface area contributed by atoms with Gasteiger partial charge in [0, 0.05) is 12.6 Å². The quantitative estimate of drug-likeness (QED) is 0.879. The van der Waals surface area contributed by atoms with E-state index in [1.807, 2.05) is 6.07 Å². The van der Waals surface area contributed by atoms with Crippen molar-refractivity contribution < 1.29 is 5.11 Å². The summed E-state index contributed by atoms with van der Waals surface area (Å²) in [5, 5.41) is 10.7. The number of aliphatic hydroxyl groups is 1. The van der Waals surface area contributed by atoms with Crippen molar-refractivity contribution in [2.45, 2.75) is 52.2 Å². The topological polar surface area (TPSA) is 23.5 Å². The summed E-state index contributed by atoms with van der Waals surface area (Å²) in [7, 11) is 2.14.